The smallest absolute Gasteiger partial charge is 0.132 e. The number of aromatic nitrogens is 2. The summed E-state index contributed by atoms with van der Waals surface area (Å²) in [6.07, 6.45) is 3.68. The Morgan fingerprint density at radius 2 is 1.88 bits per heavy atom. The molecule has 1 heterocycles. The van der Waals surface area contributed by atoms with Gasteiger partial charge in [-0.1, -0.05) is 41.1 Å². The Labute approximate surface area is 109 Å². The summed E-state index contributed by atoms with van der Waals surface area (Å²) in [5.41, 5.74) is 7.69. The third-order valence-electron chi connectivity index (χ3n) is 2.65. The molecule has 0 aliphatic rings. The van der Waals surface area contributed by atoms with E-state index in [2.05, 4.69) is 25.9 Å². The molecule has 0 radical (unpaired) electrons. The Hall–Kier alpha value is -1.26. The lowest BCUT2D eigenvalue weighted by Gasteiger charge is -2.08. The van der Waals surface area contributed by atoms with E-state index < -0.39 is 0 Å². The van der Waals surface area contributed by atoms with Crippen LogP contribution in [0.15, 0.2) is 41.1 Å². The van der Waals surface area contributed by atoms with Crippen molar-refractivity contribution in [3.05, 3.63) is 47.0 Å². The first kappa shape index (κ1) is 12.2. The molecule has 17 heavy (non-hydrogen) atoms. The molecular weight excluding hydrogens is 278 g/mol. The second-order valence-corrected chi connectivity index (χ2v) is 4.80. The van der Waals surface area contributed by atoms with Gasteiger partial charge in [-0.05, 0) is 11.6 Å². The van der Waals surface area contributed by atoms with Crippen LogP contribution in [0.25, 0.3) is 11.1 Å². The molecule has 3 nitrogen and oxygen atoms in total. The van der Waals surface area contributed by atoms with E-state index in [1.807, 2.05) is 43.6 Å². The van der Waals surface area contributed by atoms with Crippen LogP contribution < -0.4 is 5.73 Å². The Bertz CT molecular complexity index is 496. The molecule has 0 aliphatic carbocycles. The minimum Gasteiger partial charge on any atom is -0.330 e. The highest BCUT2D eigenvalue weighted by molar-refractivity contribution is 9.10. The van der Waals surface area contributed by atoms with Crippen molar-refractivity contribution in [3.8, 4) is 11.1 Å². The number of hydrogen-bond acceptors (Lipinski definition) is 3. The van der Waals surface area contributed by atoms with Crippen molar-refractivity contribution in [1.82, 2.24) is 9.97 Å². The minimum atomic E-state index is 0.197. The third kappa shape index (κ3) is 2.70. The van der Waals surface area contributed by atoms with Crippen LogP contribution in [0.4, 0.5) is 0 Å². The van der Waals surface area contributed by atoms with E-state index in [1.165, 1.54) is 0 Å². The zero-order valence-electron chi connectivity index (χ0n) is 9.60. The zero-order valence-corrected chi connectivity index (χ0v) is 11.2. The standard InChI is InChI=1S/C13H14BrN3/c1-9(6-15)13-16-7-10(8-17-13)11-4-2-3-5-12(11)14/h2-5,7-9H,6,15H2,1H3. The van der Waals surface area contributed by atoms with E-state index in [4.69, 9.17) is 5.73 Å². The molecule has 4 heteroatoms. The van der Waals surface area contributed by atoms with Gasteiger partial charge in [0.25, 0.3) is 0 Å². The summed E-state index contributed by atoms with van der Waals surface area (Å²) >= 11 is 3.52. The molecule has 0 saturated carbocycles. The monoisotopic (exact) mass is 291 g/mol. The fourth-order valence-corrected chi connectivity index (χ4v) is 2.05. The molecule has 1 aromatic heterocycles. The minimum absolute atomic E-state index is 0.197. The number of nitrogens with two attached hydrogens (primary N) is 1. The Morgan fingerprint density at radius 1 is 1.24 bits per heavy atom. The number of nitrogens with zero attached hydrogens (tertiary/aromatic N) is 2. The summed E-state index contributed by atoms with van der Waals surface area (Å²) in [5.74, 6) is 0.992. The average molecular weight is 292 g/mol. The maximum absolute atomic E-state index is 5.59. The van der Waals surface area contributed by atoms with E-state index in [9.17, 15) is 0 Å². The van der Waals surface area contributed by atoms with E-state index in [0.29, 0.717) is 6.54 Å². The first-order valence-corrected chi connectivity index (χ1v) is 6.28. The molecule has 0 aliphatic heterocycles. The largest absolute Gasteiger partial charge is 0.330 e. The van der Waals surface area contributed by atoms with E-state index in [-0.39, 0.29) is 5.92 Å². The topological polar surface area (TPSA) is 51.8 Å². The van der Waals surface area contributed by atoms with Gasteiger partial charge in [0.2, 0.25) is 0 Å². The third-order valence-corrected chi connectivity index (χ3v) is 3.34. The number of rotatable bonds is 3. The Kier molecular flexibility index (Phi) is 3.86. The lowest BCUT2D eigenvalue weighted by atomic mass is 10.1. The lowest BCUT2D eigenvalue weighted by molar-refractivity contribution is 0.712. The molecule has 2 aromatic rings. The van der Waals surface area contributed by atoms with Crippen molar-refractivity contribution in [2.75, 3.05) is 6.54 Å². The van der Waals surface area contributed by atoms with E-state index >= 15 is 0 Å². The molecule has 1 aromatic carbocycles. The van der Waals surface area contributed by atoms with Gasteiger partial charge in [0.1, 0.15) is 5.82 Å². The van der Waals surface area contributed by atoms with Gasteiger partial charge in [-0.3, -0.25) is 0 Å². The zero-order chi connectivity index (χ0) is 12.3. The van der Waals surface area contributed by atoms with Gasteiger partial charge in [-0.25, -0.2) is 9.97 Å². The molecule has 2 rings (SSSR count). The molecule has 0 saturated heterocycles. The maximum Gasteiger partial charge on any atom is 0.132 e. The molecule has 0 amide bonds. The maximum atomic E-state index is 5.59. The molecule has 0 spiro atoms. The van der Waals surface area contributed by atoms with Crippen LogP contribution in [0.1, 0.15) is 18.7 Å². The molecule has 0 bridgehead atoms. The lowest BCUT2D eigenvalue weighted by Crippen LogP contribution is -2.11. The van der Waals surface area contributed by atoms with Gasteiger partial charge >= 0.3 is 0 Å². The summed E-state index contributed by atoms with van der Waals surface area (Å²) in [4.78, 5) is 8.71. The first-order valence-electron chi connectivity index (χ1n) is 5.49. The van der Waals surface area contributed by atoms with Gasteiger partial charge in [0.05, 0.1) is 0 Å². The van der Waals surface area contributed by atoms with E-state index in [1.54, 1.807) is 0 Å². The Balaban J connectivity index is 2.33. The van der Waals surface area contributed by atoms with Gasteiger partial charge in [-0.15, -0.1) is 0 Å². The normalized spacial score (nSPS) is 12.4. The second kappa shape index (κ2) is 5.38. The Morgan fingerprint density at radius 3 is 2.47 bits per heavy atom. The van der Waals surface area contributed by atoms with Crippen molar-refractivity contribution < 1.29 is 0 Å². The summed E-state index contributed by atoms with van der Waals surface area (Å²) in [6.45, 7) is 2.59. The SMILES string of the molecule is CC(CN)c1ncc(-c2ccccc2Br)cn1. The van der Waals surface area contributed by atoms with Crippen LogP contribution >= 0.6 is 15.9 Å². The highest BCUT2D eigenvalue weighted by Crippen LogP contribution is 2.26. The summed E-state index contributed by atoms with van der Waals surface area (Å²) in [6, 6.07) is 8.02. The number of halogens is 1. The van der Waals surface area contributed by atoms with Gasteiger partial charge in [0.15, 0.2) is 0 Å². The van der Waals surface area contributed by atoms with Gasteiger partial charge in [-0.2, -0.15) is 0 Å². The number of hydrogen-bond donors (Lipinski definition) is 1. The predicted molar refractivity (Wildman–Crippen MR) is 72.6 cm³/mol. The first-order chi connectivity index (χ1) is 8.22. The fraction of sp³-hybridized carbons (Fsp3) is 0.231. The van der Waals surface area contributed by atoms with E-state index in [0.717, 1.165) is 21.4 Å². The van der Waals surface area contributed by atoms with Gasteiger partial charge in [0, 0.05) is 34.9 Å². The van der Waals surface area contributed by atoms with Crippen molar-refractivity contribution in [2.45, 2.75) is 12.8 Å². The van der Waals surface area contributed by atoms with Crippen LogP contribution in [0, 0.1) is 0 Å². The highest BCUT2D eigenvalue weighted by atomic mass is 79.9. The highest BCUT2D eigenvalue weighted by Gasteiger charge is 2.08. The van der Waals surface area contributed by atoms with Crippen LogP contribution in [0.5, 0.6) is 0 Å². The summed E-state index contributed by atoms with van der Waals surface area (Å²) in [5, 5.41) is 0. The molecular formula is C13H14BrN3. The molecule has 1 unspecified atom stereocenters. The van der Waals surface area contributed by atoms with Crippen LogP contribution in [0.2, 0.25) is 0 Å². The fourth-order valence-electron chi connectivity index (χ4n) is 1.53. The quantitative estimate of drug-likeness (QED) is 0.946. The van der Waals surface area contributed by atoms with Gasteiger partial charge < -0.3 is 5.73 Å². The summed E-state index contributed by atoms with van der Waals surface area (Å²) in [7, 11) is 0. The summed E-state index contributed by atoms with van der Waals surface area (Å²) < 4.78 is 1.04. The van der Waals surface area contributed by atoms with Crippen molar-refractivity contribution in [2.24, 2.45) is 5.73 Å². The molecule has 2 N–H and O–H groups in total. The average Bonchev–Trinajstić information content (AvgIpc) is 2.39. The van der Waals surface area contributed by atoms with Crippen LogP contribution in [-0.4, -0.2) is 16.5 Å². The van der Waals surface area contributed by atoms with Crippen molar-refractivity contribution >= 4 is 15.9 Å². The molecule has 0 fully saturated rings. The van der Waals surface area contributed by atoms with Crippen molar-refractivity contribution in [1.29, 1.82) is 0 Å². The molecule has 88 valence electrons. The van der Waals surface area contributed by atoms with Crippen molar-refractivity contribution in [3.63, 3.8) is 0 Å². The van der Waals surface area contributed by atoms with Crippen LogP contribution in [0.3, 0.4) is 0 Å². The van der Waals surface area contributed by atoms with Crippen LogP contribution in [-0.2, 0) is 0 Å². The number of benzene rings is 1. The molecule has 1 atom stereocenters. The predicted octanol–water partition coefficient (Wildman–Crippen LogP) is 2.97. The second-order valence-electron chi connectivity index (χ2n) is 3.95.